The lowest BCUT2D eigenvalue weighted by molar-refractivity contribution is -0.183. The van der Waals surface area contributed by atoms with Gasteiger partial charge in [0.2, 0.25) is 5.91 Å². The molecule has 0 N–H and O–H groups in total. The van der Waals surface area contributed by atoms with Gasteiger partial charge in [-0.25, -0.2) is 0 Å². The number of benzene rings is 1. The molecule has 2 saturated heterocycles. The van der Waals surface area contributed by atoms with Gasteiger partial charge in [-0.1, -0.05) is 35.5 Å². The number of aromatic nitrogens is 1. The van der Waals surface area contributed by atoms with Crippen LogP contribution in [0.4, 0.5) is 0 Å². The molecule has 0 bridgehead atoms. The molecule has 0 spiro atoms. The molecular formula is C20H25N3O3. The largest absolute Gasteiger partial charge is 0.364 e. The van der Waals surface area contributed by atoms with Gasteiger partial charge in [-0.3, -0.25) is 9.69 Å². The van der Waals surface area contributed by atoms with Crippen molar-refractivity contribution in [3.63, 3.8) is 0 Å². The number of likely N-dealkylation sites (N-methyl/N-ethyl adjacent to an activating group) is 1. The summed E-state index contributed by atoms with van der Waals surface area (Å²) in [5.41, 5.74) is 2.85. The maximum atomic E-state index is 12.4. The Labute approximate surface area is 153 Å². The Morgan fingerprint density at radius 2 is 2.04 bits per heavy atom. The van der Waals surface area contributed by atoms with Crippen LogP contribution in [-0.2, 0) is 21.6 Å². The van der Waals surface area contributed by atoms with Crippen LogP contribution in [0.3, 0.4) is 0 Å². The minimum Gasteiger partial charge on any atom is -0.364 e. The van der Waals surface area contributed by atoms with Crippen LogP contribution in [0.25, 0.3) is 0 Å². The number of rotatable bonds is 3. The van der Waals surface area contributed by atoms with Gasteiger partial charge in [-0.2, -0.15) is 0 Å². The highest BCUT2D eigenvalue weighted by atomic mass is 16.5. The lowest BCUT2D eigenvalue weighted by atomic mass is 9.76. The third-order valence-electron chi connectivity index (χ3n) is 5.98. The first-order valence-corrected chi connectivity index (χ1v) is 9.10. The molecule has 6 nitrogen and oxygen atoms in total. The molecule has 2 atom stereocenters. The zero-order valence-electron chi connectivity index (χ0n) is 15.6. The van der Waals surface area contributed by atoms with Gasteiger partial charge < -0.3 is 14.2 Å². The molecule has 6 heteroatoms. The van der Waals surface area contributed by atoms with Crippen LogP contribution < -0.4 is 0 Å². The fourth-order valence-corrected chi connectivity index (χ4v) is 4.38. The van der Waals surface area contributed by atoms with Crippen molar-refractivity contribution in [3.8, 4) is 0 Å². The number of carbonyl (C=O) groups is 1. The summed E-state index contributed by atoms with van der Waals surface area (Å²) in [6, 6.07) is 10.3. The van der Waals surface area contributed by atoms with Crippen molar-refractivity contribution in [1.29, 1.82) is 0 Å². The molecule has 2 aliphatic rings. The Bertz CT molecular complexity index is 784. The highest BCUT2D eigenvalue weighted by Gasteiger charge is 2.52. The summed E-state index contributed by atoms with van der Waals surface area (Å²) in [6.45, 7) is 6.54. The lowest BCUT2D eigenvalue weighted by Crippen LogP contribution is -2.66. The van der Waals surface area contributed by atoms with E-state index < -0.39 is 5.54 Å². The average Bonchev–Trinajstić information content (AvgIpc) is 2.98. The smallest absolute Gasteiger partial charge is 0.249 e. The highest BCUT2D eigenvalue weighted by Crippen LogP contribution is 2.42. The number of carbonyl (C=O) groups excluding carboxylic acids is 1. The zero-order valence-corrected chi connectivity index (χ0v) is 15.6. The van der Waals surface area contributed by atoms with Gasteiger partial charge in [-0.15, -0.1) is 0 Å². The summed E-state index contributed by atoms with van der Waals surface area (Å²) in [5.74, 6) is 0.920. The fraction of sp³-hybridized carbons (Fsp3) is 0.500. The second kappa shape index (κ2) is 6.52. The third-order valence-corrected chi connectivity index (χ3v) is 5.98. The Balaban J connectivity index is 1.63. The average molecular weight is 355 g/mol. The number of fused-ring (bicyclic) bond motifs is 1. The van der Waals surface area contributed by atoms with E-state index in [1.165, 1.54) is 0 Å². The van der Waals surface area contributed by atoms with E-state index in [1.807, 2.05) is 44.0 Å². The Kier molecular flexibility index (Phi) is 4.32. The van der Waals surface area contributed by atoms with Crippen molar-refractivity contribution in [1.82, 2.24) is 15.0 Å². The molecule has 1 amide bonds. The molecule has 138 valence electrons. The van der Waals surface area contributed by atoms with E-state index in [0.29, 0.717) is 0 Å². The van der Waals surface area contributed by atoms with E-state index in [0.717, 1.165) is 48.6 Å². The van der Waals surface area contributed by atoms with Crippen molar-refractivity contribution < 1.29 is 14.1 Å². The topological polar surface area (TPSA) is 58.8 Å². The van der Waals surface area contributed by atoms with Crippen LogP contribution in [0.2, 0.25) is 0 Å². The molecule has 0 saturated carbocycles. The molecule has 1 aromatic carbocycles. The SMILES string of the molecule is Cc1noc(C)c1CN1CC[C@]2(c3ccccc3)[C@@H](C1)OCC(=O)N2C. The van der Waals surface area contributed by atoms with Gasteiger partial charge in [0.25, 0.3) is 0 Å². The number of likely N-dealkylation sites (tertiary alicyclic amines) is 1. The molecule has 4 rings (SSSR count). The minimum absolute atomic E-state index is 0.0456. The van der Waals surface area contributed by atoms with Gasteiger partial charge in [-0.05, 0) is 25.8 Å². The quantitative estimate of drug-likeness (QED) is 0.845. The fourth-order valence-electron chi connectivity index (χ4n) is 4.38. The van der Waals surface area contributed by atoms with Gasteiger partial charge in [0.1, 0.15) is 12.4 Å². The summed E-state index contributed by atoms with van der Waals surface area (Å²) in [4.78, 5) is 16.7. The molecule has 3 heterocycles. The summed E-state index contributed by atoms with van der Waals surface area (Å²) >= 11 is 0. The summed E-state index contributed by atoms with van der Waals surface area (Å²) in [7, 11) is 1.91. The molecule has 0 radical (unpaired) electrons. The van der Waals surface area contributed by atoms with Crippen LogP contribution in [0.15, 0.2) is 34.9 Å². The van der Waals surface area contributed by atoms with Gasteiger partial charge in [0, 0.05) is 32.2 Å². The number of nitrogens with zero attached hydrogens (tertiary/aromatic N) is 3. The molecule has 2 aliphatic heterocycles. The Morgan fingerprint density at radius 1 is 1.27 bits per heavy atom. The van der Waals surface area contributed by atoms with Crippen LogP contribution >= 0.6 is 0 Å². The van der Waals surface area contributed by atoms with Crippen LogP contribution in [0, 0.1) is 13.8 Å². The first kappa shape index (κ1) is 17.2. The molecule has 2 fully saturated rings. The van der Waals surface area contributed by atoms with E-state index in [-0.39, 0.29) is 18.6 Å². The number of morpholine rings is 1. The van der Waals surface area contributed by atoms with Crippen molar-refractivity contribution in [3.05, 3.63) is 52.9 Å². The van der Waals surface area contributed by atoms with Crippen molar-refractivity contribution in [2.24, 2.45) is 0 Å². The Morgan fingerprint density at radius 3 is 2.73 bits per heavy atom. The van der Waals surface area contributed by atoms with Gasteiger partial charge in [0.05, 0.1) is 17.3 Å². The number of hydrogen-bond acceptors (Lipinski definition) is 5. The van der Waals surface area contributed by atoms with E-state index >= 15 is 0 Å². The number of hydrogen-bond donors (Lipinski definition) is 0. The zero-order chi connectivity index (χ0) is 18.3. The molecule has 0 aliphatic carbocycles. The number of amides is 1. The van der Waals surface area contributed by atoms with E-state index in [4.69, 9.17) is 9.26 Å². The maximum Gasteiger partial charge on any atom is 0.249 e. The van der Waals surface area contributed by atoms with Gasteiger partial charge >= 0.3 is 0 Å². The summed E-state index contributed by atoms with van der Waals surface area (Å²) < 4.78 is 11.4. The number of aryl methyl sites for hydroxylation is 2. The molecular weight excluding hydrogens is 330 g/mol. The lowest BCUT2D eigenvalue weighted by Gasteiger charge is -2.54. The molecule has 0 unspecified atom stereocenters. The van der Waals surface area contributed by atoms with Crippen LogP contribution in [-0.4, -0.2) is 53.7 Å². The van der Waals surface area contributed by atoms with Gasteiger partial charge in [0.15, 0.2) is 0 Å². The van der Waals surface area contributed by atoms with Crippen molar-refractivity contribution >= 4 is 5.91 Å². The van der Waals surface area contributed by atoms with Crippen molar-refractivity contribution in [2.75, 3.05) is 26.7 Å². The molecule has 2 aromatic rings. The first-order valence-electron chi connectivity index (χ1n) is 9.10. The number of piperidine rings is 1. The predicted molar refractivity (Wildman–Crippen MR) is 96.5 cm³/mol. The van der Waals surface area contributed by atoms with E-state index in [1.54, 1.807) is 0 Å². The third kappa shape index (κ3) is 2.64. The van der Waals surface area contributed by atoms with Crippen molar-refractivity contribution in [2.45, 2.75) is 38.5 Å². The Hall–Kier alpha value is -2.18. The molecule has 26 heavy (non-hydrogen) atoms. The summed E-state index contributed by atoms with van der Waals surface area (Å²) in [5, 5.41) is 4.06. The summed E-state index contributed by atoms with van der Waals surface area (Å²) in [6.07, 6.45) is 0.787. The first-order chi connectivity index (χ1) is 12.5. The second-order valence-electron chi connectivity index (χ2n) is 7.33. The van der Waals surface area contributed by atoms with Crippen LogP contribution in [0.1, 0.15) is 29.0 Å². The minimum atomic E-state index is -0.397. The van der Waals surface area contributed by atoms with E-state index in [2.05, 4.69) is 22.2 Å². The van der Waals surface area contributed by atoms with E-state index in [9.17, 15) is 4.79 Å². The maximum absolute atomic E-state index is 12.4. The predicted octanol–water partition coefficient (Wildman–Crippen LogP) is 2.25. The highest BCUT2D eigenvalue weighted by molar-refractivity contribution is 5.79. The number of ether oxygens (including phenoxy) is 1. The normalized spacial score (nSPS) is 26.8. The standard InChI is InChI=1S/C20H25N3O3/c1-14-17(15(2)26-21-14)11-23-10-9-20(16-7-5-4-6-8-16)18(12-23)25-13-19(24)22(20)3/h4-8,18H,9-13H2,1-3H3/t18-,20+/m1/s1. The molecule has 1 aromatic heterocycles. The second-order valence-corrected chi connectivity index (χ2v) is 7.33. The van der Waals surface area contributed by atoms with Crippen LogP contribution in [0.5, 0.6) is 0 Å². The monoisotopic (exact) mass is 355 g/mol.